The van der Waals surface area contributed by atoms with Crippen LogP contribution in [0.15, 0.2) is 0 Å². The van der Waals surface area contributed by atoms with Crippen LogP contribution in [0, 0.1) is 5.41 Å². The van der Waals surface area contributed by atoms with Crippen molar-refractivity contribution in [1.82, 2.24) is 10.6 Å². The number of halogens is 2. The summed E-state index contributed by atoms with van der Waals surface area (Å²) in [5.74, 6) is -3.01. The van der Waals surface area contributed by atoms with Crippen molar-refractivity contribution in [2.45, 2.75) is 51.0 Å². The van der Waals surface area contributed by atoms with E-state index in [0.29, 0.717) is 6.54 Å². The Kier molecular flexibility index (Phi) is 3.39. The minimum atomic E-state index is -2.73. The van der Waals surface area contributed by atoms with Crippen molar-refractivity contribution in [1.29, 1.82) is 0 Å². The molecular weight excluding hydrogens is 226 g/mol. The number of carbonyl (C=O) groups excluding carboxylic acids is 1. The summed E-state index contributed by atoms with van der Waals surface area (Å²) in [5.41, 5.74) is 0.269. The first-order valence-corrected chi connectivity index (χ1v) is 6.35. The van der Waals surface area contributed by atoms with Gasteiger partial charge < -0.3 is 5.32 Å². The molecule has 1 atom stereocenters. The molecule has 1 saturated carbocycles. The van der Waals surface area contributed by atoms with Gasteiger partial charge in [-0.05, 0) is 24.7 Å². The van der Waals surface area contributed by atoms with Crippen LogP contribution < -0.4 is 10.6 Å². The van der Waals surface area contributed by atoms with Crippen molar-refractivity contribution in [3.63, 3.8) is 0 Å². The lowest BCUT2D eigenvalue weighted by Crippen LogP contribution is -2.42. The molecule has 1 unspecified atom stereocenters. The van der Waals surface area contributed by atoms with E-state index in [9.17, 15) is 13.6 Å². The molecule has 1 aliphatic heterocycles. The van der Waals surface area contributed by atoms with Crippen molar-refractivity contribution in [2.75, 3.05) is 13.1 Å². The number of carbonyl (C=O) groups is 1. The van der Waals surface area contributed by atoms with Gasteiger partial charge >= 0.3 is 0 Å². The van der Waals surface area contributed by atoms with Crippen LogP contribution in [0.3, 0.4) is 0 Å². The number of hydrogen-bond donors (Lipinski definition) is 2. The molecule has 3 nitrogen and oxygen atoms in total. The lowest BCUT2D eigenvalue weighted by atomic mass is 10.0. The Morgan fingerprint density at radius 3 is 2.65 bits per heavy atom. The second kappa shape index (κ2) is 4.52. The summed E-state index contributed by atoms with van der Waals surface area (Å²) < 4.78 is 25.8. The lowest BCUT2D eigenvalue weighted by molar-refractivity contribution is -0.123. The van der Waals surface area contributed by atoms with Crippen LogP contribution in [0.25, 0.3) is 0 Å². The Morgan fingerprint density at radius 1 is 1.47 bits per heavy atom. The molecule has 5 heteroatoms. The van der Waals surface area contributed by atoms with E-state index in [0.717, 1.165) is 25.7 Å². The summed E-state index contributed by atoms with van der Waals surface area (Å²) in [6.45, 7) is 2.38. The van der Waals surface area contributed by atoms with Crippen LogP contribution in [-0.4, -0.2) is 31.0 Å². The van der Waals surface area contributed by atoms with Crippen LogP contribution in [0.4, 0.5) is 8.78 Å². The predicted molar refractivity (Wildman–Crippen MR) is 60.9 cm³/mol. The van der Waals surface area contributed by atoms with Gasteiger partial charge in [0.2, 0.25) is 5.91 Å². The molecule has 1 aliphatic carbocycles. The number of hydrogen-bond acceptors (Lipinski definition) is 2. The molecular formula is C12H20F2N2O. The quantitative estimate of drug-likeness (QED) is 0.775. The third-order valence-corrected chi connectivity index (χ3v) is 3.80. The molecule has 98 valence electrons. The van der Waals surface area contributed by atoms with Gasteiger partial charge in [0, 0.05) is 13.0 Å². The third kappa shape index (κ3) is 3.15. The molecule has 0 spiro atoms. The standard InChI is InChI=1S/C12H20F2N2O/c1-2-3-11(4-5-11)7-16-10(17)9-6-12(13,14)8-15-9/h9,15H,2-8H2,1H3,(H,16,17). The Morgan fingerprint density at radius 2 is 2.18 bits per heavy atom. The molecule has 0 bridgehead atoms. The van der Waals surface area contributed by atoms with Gasteiger partial charge in [-0.1, -0.05) is 13.3 Å². The fourth-order valence-corrected chi connectivity index (χ4v) is 2.52. The topological polar surface area (TPSA) is 41.1 Å². The summed E-state index contributed by atoms with van der Waals surface area (Å²) in [5, 5.41) is 5.39. The van der Waals surface area contributed by atoms with Gasteiger partial charge in [-0.15, -0.1) is 0 Å². The first-order chi connectivity index (χ1) is 7.96. The second-order valence-electron chi connectivity index (χ2n) is 5.46. The van der Waals surface area contributed by atoms with Gasteiger partial charge in [-0.3, -0.25) is 10.1 Å². The van der Waals surface area contributed by atoms with Gasteiger partial charge in [0.25, 0.3) is 5.92 Å². The Labute approximate surface area is 100 Å². The fraction of sp³-hybridized carbons (Fsp3) is 0.917. The molecule has 0 radical (unpaired) electrons. The average Bonchev–Trinajstić information content (AvgIpc) is 2.93. The molecule has 2 N–H and O–H groups in total. The summed E-state index contributed by atoms with van der Waals surface area (Å²) in [6, 6.07) is -0.720. The largest absolute Gasteiger partial charge is 0.354 e. The highest BCUT2D eigenvalue weighted by atomic mass is 19.3. The Bertz CT molecular complexity index is 303. The van der Waals surface area contributed by atoms with E-state index in [1.807, 2.05) is 0 Å². The maximum atomic E-state index is 12.9. The number of alkyl halides is 2. The summed E-state index contributed by atoms with van der Waals surface area (Å²) in [6.07, 6.45) is 4.14. The third-order valence-electron chi connectivity index (χ3n) is 3.80. The number of nitrogens with one attached hydrogen (secondary N) is 2. The second-order valence-corrected chi connectivity index (χ2v) is 5.46. The predicted octanol–water partition coefficient (Wildman–Crippen LogP) is 1.68. The lowest BCUT2D eigenvalue weighted by Gasteiger charge is -2.17. The molecule has 1 amide bonds. The van der Waals surface area contributed by atoms with Crippen LogP contribution >= 0.6 is 0 Å². The minimum Gasteiger partial charge on any atom is -0.354 e. The SMILES string of the molecule is CCCC1(CNC(=O)C2CC(F)(F)CN2)CC1. The number of amides is 1. The van der Waals surface area contributed by atoms with Crippen molar-refractivity contribution < 1.29 is 13.6 Å². The van der Waals surface area contributed by atoms with E-state index in [4.69, 9.17) is 0 Å². The highest BCUT2D eigenvalue weighted by molar-refractivity contribution is 5.82. The van der Waals surface area contributed by atoms with Gasteiger partial charge in [-0.2, -0.15) is 0 Å². The first kappa shape index (κ1) is 12.7. The van der Waals surface area contributed by atoms with Crippen molar-refractivity contribution in [2.24, 2.45) is 5.41 Å². The molecule has 0 aromatic heterocycles. The van der Waals surface area contributed by atoms with E-state index in [1.165, 1.54) is 0 Å². The molecule has 0 aromatic rings. The molecule has 2 rings (SSSR count). The highest BCUT2D eigenvalue weighted by Crippen LogP contribution is 2.48. The van der Waals surface area contributed by atoms with E-state index in [-0.39, 0.29) is 24.3 Å². The average molecular weight is 246 g/mol. The van der Waals surface area contributed by atoms with Gasteiger partial charge in [0.15, 0.2) is 0 Å². The molecule has 17 heavy (non-hydrogen) atoms. The monoisotopic (exact) mass is 246 g/mol. The molecule has 2 aliphatic rings. The van der Waals surface area contributed by atoms with Crippen molar-refractivity contribution >= 4 is 5.91 Å². The Hall–Kier alpha value is -0.710. The zero-order chi connectivity index (χ0) is 12.5. The fourth-order valence-electron chi connectivity index (χ4n) is 2.52. The molecule has 0 aromatic carbocycles. The van der Waals surface area contributed by atoms with Crippen molar-refractivity contribution in [3.8, 4) is 0 Å². The van der Waals surface area contributed by atoms with Crippen LogP contribution in [0.5, 0.6) is 0 Å². The van der Waals surface area contributed by atoms with Gasteiger partial charge in [-0.25, -0.2) is 8.78 Å². The summed E-state index contributed by atoms with van der Waals surface area (Å²) in [4.78, 5) is 11.7. The van der Waals surface area contributed by atoms with Crippen LogP contribution in [0.1, 0.15) is 39.0 Å². The first-order valence-electron chi connectivity index (χ1n) is 6.35. The van der Waals surface area contributed by atoms with E-state index in [2.05, 4.69) is 17.6 Å². The van der Waals surface area contributed by atoms with E-state index in [1.54, 1.807) is 0 Å². The van der Waals surface area contributed by atoms with E-state index >= 15 is 0 Å². The zero-order valence-electron chi connectivity index (χ0n) is 10.2. The summed E-state index contributed by atoms with van der Waals surface area (Å²) in [7, 11) is 0. The van der Waals surface area contributed by atoms with Crippen LogP contribution in [-0.2, 0) is 4.79 Å². The van der Waals surface area contributed by atoms with E-state index < -0.39 is 12.0 Å². The molecule has 1 saturated heterocycles. The summed E-state index contributed by atoms with van der Waals surface area (Å²) >= 11 is 0. The zero-order valence-corrected chi connectivity index (χ0v) is 10.2. The smallest absolute Gasteiger partial charge is 0.262 e. The Balaban J connectivity index is 1.75. The maximum absolute atomic E-state index is 12.9. The maximum Gasteiger partial charge on any atom is 0.262 e. The van der Waals surface area contributed by atoms with Gasteiger partial charge in [0.05, 0.1) is 12.6 Å². The molecule has 1 heterocycles. The highest BCUT2D eigenvalue weighted by Gasteiger charge is 2.44. The van der Waals surface area contributed by atoms with Crippen LogP contribution in [0.2, 0.25) is 0 Å². The normalized spacial score (nSPS) is 29.0. The van der Waals surface area contributed by atoms with Crippen molar-refractivity contribution in [3.05, 3.63) is 0 Å². The van der Waals surface area contributed by atoms with Gasteiger partial charge in [0.1, 0.15) is 0 Å². The molecule has 2 fully saturated rings. The number of rotatable bonds is 5. The minimum absolute atomic E-state index is 0.269.